The molecule has 0 saturated carbocycles. The molecule has 0 saturated heterocycles. The molecule has 0 radical (unpaired) electrons. The minimum absolute atomic E-state index is 0.0330. The maximum atomic E-state index is 11.7. The number of nitrogens with two attached hydrogens (primary N) is 1. The summed E-state index contributed by atoms with van der Waals surface area (Å²) in [4.78, 5) is 0.0711. The second-order valence-electron chi connectivity index (χ2n) is 8.01. The Bertz CT molecular complexity index is 1270. The number of hydrazone groups is 1. The summed E-state index contributed by atoms with van der Waals surface area (Å²) in [5, 5.41) is 12.8. The Hall–Kier alpha value is -2.87. The molecule has 8 heteroatoms. The van der Waals surface area contributed by atoms with E-state index in [4.69, 9.17) is 26.6 Å². The van der Waals surface area contributed by atoms with Crippen LogP contribution in [0.4, 0.5) is 5.69 Å². The van der Waals surface area contributed by atoms with E-state index in [9.17, 15) is 8.42 Å². The number of rotatable bonds is 4. The normalized spacial score (nSPS) is 20.4. The van der Waals surface area contributed by atoms with Gasteiger partial charge in [-0.25, -0.2) is 13.6 Å². The molecule has 2 aliphatic rings. The zero-order valence-corrected chi connectivity index (χ0v) is 18.8. The van der Waals surface area contributed by atoms with Gasteiger partial charge in [0.1, 0.15) is 11.9 Å². The molecule has 2 heterocycles. The number of halogens is 1. The number of primary sulfonamides is 1. The van der Waals surface area contributed by atoms with E-state index in [-0.39, 0.29) is 17.0 Å². The first kappa shape index (κ1) is 21.0. The van der Waals surface area contributed by atoms with E-state index in [0.29, 0.717) is 11.4 Å². The highest BCUT2D eigenvalue weighted by molar-refractivity contribution is 7.89. The van der Waals surface area contributed by atoms with Gasteiger partial charge in [-0.3, -0.25) is 5.01 Å². The van der Waals surface area contributed by atoms with Crippen LogP contribution >= 0.6 is 11.6 Å². The van der Waals surface area contributed by atoms with Gasteiger partial charge in [0, 0.05) is 11.4 Å². The van der Waals surface area contributed by atoms with Crippen LogP contribution in [0.25, 0.3) is 0 Å². The summed E-state index contributed by atoms with van der Waals surface area (Å²) in [7, 11) is -3.76. The predicted molar refractivity (Wildman–Crippen MR) is 126 cm³/mol. The highest BCUT2D eigenvalue weighted by atomic mass is 35.5. The lowest BCUT2D eigenvalue weighted by molar-refractivity contribution is 0.146. The number of nitrogens with zero attached hydrogens (tertiary/aromatic N) is 2. The molecule has 0 aliphatic carbocycles. The summed E-state index contributed by atoms with van der Waals surface area (Å²) in [6.07, 6.45) is 2.45. The lowest BCUT2D eigenvalue weighted by atomic mass is 9.93. The zero-order chi connectivity index (χ0) is 22.3. The largest absolute Gasteiger partial charge is 0.488 e. The van der Waals surface area contributed by atoms with Crippen LogP contribution in [-0.2, 0) is 16.4 Å². The quantitative estimate of drug-likeness (QED) is 0.617. The van der Waals surface area contributed by atoms with Crippen molar-refractivity contribution >= 4 is 33.0 Å². The first-order chi connectivity index (χ1) is 15.4. The molecule has 5 rings (SSSR count). The standard InChI is InChI=1S/C24H22ClN3O3S/c25-18-8-5-16(6-9-18)21-15-22(24-14-7-17-3-1-2-4-23(17)31-24)28(27-21)19-10-12-20(13-11-19)32(26,29)30/h1-6,8-13,22,24H,7,14-15H2,(H2,26,29,30). The van der Waals surface area contributed by atoms with Crippen molar-refractivity contribution in [2.45, 2.75) is 36.3 Å². The number of para-hydroxylation sites is 1. The number of benzene rings is 3. The molecule has 2 unspecified atom stereocenters. The molecule has 32 heavy (non-hydrogen) atoms. The van der Waals surface area contributed by atoms with Crippen molar-refractivity contribution in [1.29, 1.82) is 0 Å². The Morgan fingerprint density at radius 2 is 1.72 bits per heavy atom. The van der Waals surface area contributed by atoms with Crippen LogP contribution < -0.4 is 14.9 Å². The fourth-order valence-electron chi connectivity index (χ4n) is 4.29. The molecule has 0 amide bonds. The third-order valence-electron chi connectivity index (χ3n) is 5.93. The third kappa shape index (κ3) is 4.11. The summed E-state index contributed by atoms with van der Waals surface area (Å²) in [5.74, 6) is 0.910. The van der Waals surface area contributed by atoms with E-state index >= 15 is 0 Å². The van der Waals surface area contributed by atoms with E-state index in [1.54, 1.807) is 12.1 Å². The molecule has 0 spiro atoms. The van der Waals surface area contributed by atoms with E-state index in [1.165, 1.54) is 17.7 Å². The minimum Gasteiger partial charge on any atom is -0.488 e. The lowest BCUT2D eigenvalue weighted by Gasteiger charge is -2.34. The summed E-state index contributed by atoms with van der Waals surface area (Å²) >= 11 is 6.06. The van der Waals surface area contributed by atoms with Crippen LogP contribution in [0.15, 0.2) is 82.8 Å². The molecule has 2 atom stereocenters. The van der Waals surface area contributed by atoms with Crippen LogP contribution in [0.2, 0.25) is 5.02 Å². The van der Waals surface area contributed by atoms with Crippen molar-refractivity contribution in [2.24, 2.45) is 10.2 Å². The fraction of sp³-hybridized carbons (Fsp3) is 0.208. The molecule has 2 aliphatic heterocycles. The summed E-state index contributed by atoms with van der Waals surface area (Å²) < 4.78 is 29.7. The number of sulfonamides is 1. The van der Waals surface area contributed by atoms with E-state index in [1.807, 2.05) is 47.5 Å². The van der Waals surface area contributed by atoms with Gasteiger partial charge < -0.3 is 4.74 Å². The first-order valence-electron chi connectivity index (χ1n) is 10.4. The molecule has 3 aromatic rings. The van der Waals surface area contributed by atoms with Gasteiger partial charge in [-0.2, -0.15) is 5.10 Å². The number of ether oxygens (including phenoxy) is 1. The summed E-state index contributed by atoms with van der Waals surface area (Å²) in [5.41, 5.74) is 3.93. The van der Waals surface area contributed by atoms with Crippen molar-refractivity contribution in [3.05, 3.63) is 88.9 Å². The average molecular weight is 468 g/mol. The average Bonchev–Trinajstić information content (AvgIpc) is 3.24. The highest BCUT2D eigenvalue weighted by Crippen LogP contribution is 2.35. The Labute approximate surface area is 192 Å². The van der Waals surface area contributed by atoms with Crippen molar-refractivity contribution < 1.29 is 13.2 Å². The fourth-order valence-corrected chi connectivity index (χ4v) is 4.93. The molecule has 0 bridgehead atoms. The monoisotopic (exact) mass is 467 g/mol. The molecule has 3 aromatic carbocycles. The first-order valence-corrected chi connectivity index (χ1v) is 12.3. The van der Waals surface area contributed by atoms with Crippen molar-refractivity contribution in [1.82, 2.24) is 0 Å². The van der Waals surface area contributed by atoms with Crippen LogP contribution in [0.5, 0.6) is 5.75 Å². The number of aryl methyl sites for hydroxylation is 1. The summed E-state index contributed by atoms with van der Waals surface area (Å²) in [6, 6.07) is 22.2. The number of hydrogen-bond donors (Lipinski definition) is 1. The number of hydrogen-bond acceptors (Lipinski definition) is 5. The smallest absolute Gasteiger partial charge is 0.238 e. The molecule has 0 fully saturated rings. The van der Waals surface area contributed by atoms with Crippen LogP contribution in [0.1, 0.15) is 24.0 Å². The van der Waals surface area contributed by atoms with Crippen molar-refractivity contribution in [3.63, 3.8) is 0 Å². The second kappa shape index (κ2) is 8.24. The minimum atomic E-state index is -3.76. The summed E-state index contributed by atoms with van der Waals surface area (Å²) in [6.45, 7) is 0. The van der Waals surface area contributed by atoms with Crippen LogP contribution in [0.3, 0.4) is 0 Å². The van der Waals surface area contributed by atoms with Crippen LogP contribution in [0, 0.1) is 0 Å². The molecular weight excluding hydrogens is 446 g/mol. The topological polar surface area (TPSA) is 85.0 Å². The van der Waals surface area contributed by atoms with Gasteiger partial charge in [0.25, 0.3) is 0 Å². The molecule has 0 aromatic heterocycles. The Kier molecular flexibility index (Phi) is 5.41. The number of anilines is 1. The van der Waals surface area contributed by atoms with E-state index in [2.05, 4.69) is 6.07 Å². The Balaban J connectivity index is 1.49. The van der Waals surface area contributed by atoms with Gasteiger partial charge in [0.05, 0.1) is 22.3 Å². The van der Waals surface area contributed by atoms with Crippen LogP contribution in [-0.4, -0.2) is 26.3 Å². The third-order valence-corrected chi connectivity index (χ3v) is 7.11. The molecule has 2 N–H and O–H groups in total. The van der Waals surface area contributed by atoms with E-state index in [0.717, 1.165) is 35.6 Å². The van der Waals surface area contributed by atoms with Gasteiger partial charge in [-0.05, 0) is 66.4 Å². The second-order valence-corrected chi connectivity index (χ2v) is 10.0. The van der Waals surface area contributed by atoms with Gasteiger partial charge >= 0.3 is 0 Å². The van der Waals surface area contributed by atoms with Crippen molar-refractivity contribution in [2.75, 3.05) is 5.01 Å². The van der Waals surface area contributed by atoms with Gasteiger partial charge in [-0.1, -0.05) is 41.9 Å². The maximum Gasteiger partial charge on any atom is 0.238 e. The maximum absolute atomic E-state index is 11.7. The van der Waals surface area contributed by atoms with Gasteiger partial charge in [0.2, 0.25) is 10.0 Å². The van der Waals surface area contributed by atoms with E-state index < -0.39 is 10.0 Å². The zero-order valence-electron chi connectivity index (χ0n) is 17.2. The number of fused-ring (bicyclic) bond motifs is 1. The van der Waals surface area contributed by atoms with Gasteiger partial charge in [0.15, 0.2) is 0 Å². The molecule has 6 nitrogen and oxygen atoms in total. The predicted octanol–water partition coefficient (Wildman–Crippen LogP) is 4.36. The molecule has 164 valence electrons. The van der Waals surface area contributed by atoms with Crippen molar-refractivity contribution in [3.8, 4) is 5.75 Å². The Morgan fingerprint density at radius 1 is 1.00 bits per heavy atom. The molecular formula is C24H22ClN3O3S. The van der Waals surface area contributed by atoms with Gasteiger partial charge in [-0.15, -0.1) is 0 Å². The SMILES string of the molecule is NS(=O)(=O)c1ccc(N2N=C(c3ccc(Cl)cc3)CC2C2CCc3ccccc3O2)cc1. The highest BCUT2D eigenvalue weighted by Gasteiger charge is 2.38. The Morgan fingerprint density at radius 3 is 2.44 bits per heavy atom. The lowest BCUT2D eigenvalue weighted by Crippen LogP contribution is -2.43.